The SMILES string of the molecule is CC1=C(C(=O)OC(C)C)C(c2ccc([N+](=O)[O-])cc2)N2C(CC(=O)NCCc3ccccn3)=CSC2=N1. The Morgan fingerprint density at radius 3 is 2.62 bits per heavy atom. The molecule has 1 aromatic heterocycles. The second kappa shape index (κ2) is 11.4. The molecule has 37 heavy (non-hydrogen) atoms. The summed E-state index contributed by atoms with van der Waals surface area (Å²) in [7, 11) is 0. The quantitative estimate of drug-likeness (QED) is 0.295. The molecule has 0 aliphatic carbocycles. The zero-order valence-electron chi connectivity index (χ0n) is 20.7. The van der Waals surface area contributed by atoms with E-state index in [2.05, 4.69) is 15.3 Å². The van der Waals surface area contributed by atoms with Gasteiger partial charge in [-0.25, -0.2) is 9.79 Å². The van der Waals surface area contributed by atoms with E-state index in [0.29, 0.717) is 40.7 Å². The van der Waals surface area contributed by atoms with Crippen molar-refractivity contribution < 1.29 is 19.2 Å². The number of amides is 1. The Kier molecular flexibility index (Phi) is 8.02. The van der Waals surface area contributed by atoms with Gasteiger partial charge < -0.3 is 15.0 Å². The first-order valence-electron chi connectivity index (χ1n) is 11.8. The lowest BCUT2D eigenvalue weighted by atomic mass is 9.93. The third kappa shape index (κ3) is 6.05. The molecule has 4 rings (SSSR count). The number of nitrogens with one attached hydrogen (secondary N) is 1. The lowest BCUT2D eigenvalue weighted by molar-refractivity contribution is -0.384. The van der Waals surface area contributed by atoms with Crippen molar-refractivity contribution in [2.24, 2.45) is 4.99 Å². The molecule has 0 radical (unpaired) electrons. The van der Waals surface area contributed by atoms with Crippen LogP contribution in [0.1, 0.15) is 44.5 Å². The Morgan fingerprint density at radius 1 is 1.22 bits per heavy atom. The van der Waals surface area contributed by atoms with Gasteiger partial charge in [0, 0.05) is 42.7 Å². The van der Waals surface area contributed by atoms with Crippen LogP contribution in [0.25, 0.3) is 0 Å². The van der Waals surface area contributed by atoms with Crippen LogP contribution in [-0.4, -0.2) is 44.5 Å². The number of non-ortho nitro benzene ring substituents is 1. The third-order valence-electron chi connectivity index (χ3n) is 5.75. The fourth-order valence-electron chi connectivity index (χ4n) is 4.11. The Hall–Kier alpha value is -3.99. The van der Waals surface area contributed by atoms with E-state index in [1.54, 1.807) is 39.1 Å². The summed E-state index contributed by atoms with van der Waals surface area (Å²) in [5.41, 5.74) is 2.98. The van der Waals surface area contributed by atoms with E-state index in [1.165, 1.54) is 23.9 Å². The highest BCUT2D eigenvalue weighted by Crippen LogP contribution is 2.45. The summed E-state index contributed by atoms with van der Waals surface area (Å²) in [6.45, 7) is 5.70. The normalized spacial score (nSPS) is 16.8. The van der Waals surface area contributed by atoms with Crippen molar-refractivity contribution in [3.05, 3.63) is 92.4 Å². The molecule has 0 saturated carbocycles. The Labute approximate surface area is 218 Å². The molecule has 0 spiro atoms. The second-order valence-corrected chi connectivity index (χ2v) is 9.63. The largest absolute Gasteiger partial charge is 0.459 e. The topological polar surface area (TPSA) is 127 Å². The molecular weight excluding hydrogens is 494 g/mol. The van der Waals surface area contributed by atoms with Gasteiger partial charge in [-0.05, 0) is 56.0 Å². The minimum atomic E-state index is -0.651. The summed E-state index contributed by atoms with van der Waals surface area (Å²) in [6, 6.07) is 11.0. The zero-order chi connectivity index (χ0) is 26.5. The number of aromatic nitrogens is 1. The number of hydrogen-bond acceptors (Lipinski definition) is 9. The Bertz CT molecular complexity index is 1290. The van der Waals surface area contributed by atoms with Crippen LogP contribution in [0.5, 0.6) is 0 Å². The van der Waals surface area contributed by atoms with Crippen LogP contribution >= 0.6 is 11.8 Å². The van der Waals surface area contributed by atoms with Gasteiger partial charge in [0.05, 0.1) is 34.8 Å². The molecule has 2 aliphatic heterocycles. The first-order chi connectivity index (χ1) is 17.7. The number of nitro benzene ring substituents is 1. The number of benzene rings is 1. The van der Waals surface area contributed by atoms with Gasteiger partial charge in [0.25, 0.3) is 5.69 Å². The van der Waals surface area contributed by atoms with Gasteiger partial charge in [-0.1, -0.05) is 17.8 Å². The minimum absolute atomic E-state index is 0.0562. The number of nitro groups is 1. The van der Waals surface area contributed by atoms with Crippen molar-refractivity contribution in [2.45, 2.75) is 45.8 Å². The molecular formula is C26H27N5O5S. The highest BCUT2D eigenvalue weighted by atomic mass is 32.2. The molecule has 1 atom stereocenters. The van der Waals surface area contributed by atoms with Crippen molar-refractivity contribution >= 4 is 34.5 Å². The molecule has 2 aliphatic rings. The molecule has 1 N–H and O–H groups in total. The molecule has 1 unspecified atom stereocenters. The smallest absolute Gasteiger partial charge is 0.338 e. The number of ether oxygens (including phenoxy) is 1. The molecule has 192 valence electrons. The molecule has 0 saturated heterocycles. The highest BCUT2D eigenvalue weighted by Gasteiger charge is 2.41. The van der Waals surface area contributed by atoms with Gasteiger partial charge in [-0.15, -0.1) is 0 Å². The van der Waals surface area contributed by atoms with Gasteiger partial charge in [0.15, 0.2) is 5.17 Å². The summed E-state index contributed by atoms with van der Waals surface area (Å²) in [6.07, 6.45) is 2.05. The van der Waals surface area contributed by atoms with Gasteiger partial charge in [-0.3, -0.25) is 19.9 Å². The summed E-state index contributed by atoms with van der Waals surface area (Å²) >= 11 is 1.36. The van der Waals surface area contributed by atoms with E-state index in [4.69, 9.17) is 4.74 Å². The number of fused-ring (bicyclic) bond motifs is 1. The molecule has 3 heterocycles. The Balaban J connectivity index is 1.58. The first kappa shape index (κ1) is 26.1. The molecule has 1 amide bonds. The molecule has 0 fully saturated rings. The number of pyridine rings is 1. The molecule has 2 aromatic rings. The van der Waals surface area contributed by atoms with Gasteiger partial charge in [0.2, 0.25) is 5.91 Å². The number of esters is 1. The first-order valence-corrected chi connectivity index (χ1v) is 12.7. The van der Waals surface area contributed by atoms with Crippen LogP contribution in [-0.2, 0) is 20.7 Å². The van der Waals surface area contributed by atoms with Crippen molar-refractivity contribution in [1.82, 2.24) is 15.2 Å². The van der Waals surface area contributed by atoms with Crippen LogP contribution in [0.4, 0.5) is 5.69 Å². The number of amidine groups is 1. The predicted octanol–water partition coefficient (Wildman–Crippen LogP) is 4.27. The fourth-order valence-corrected chi connectivity index (χ4v) is 5.07. The highest BCUT2D eigenvalue weighted by molar-refractivity contribution is 8.16. The van der Waals surface area contributed by atoms with Crippen LogP contribution in [0.3, 0.4) is 0 Å². The van der Waals surface area contributed by atoms with E-state index < -0.39 is 16.9 Å². The van der Waals surface area contributed by atoms with E-state index in [0.717, 1.165) is 5.69 Å². The van der Waals surface area contributed by atoms with Gasteiger partial charge in [-0.2, -0.15) is 0 Å². The number of aliphatic imine (C=N–C) groups is 1. The van der Waals surface area contributed by atoms with Gasteiger partial charge in [0.1, 0.15) is 0 Å². The lowest BCUT2D eigenvalue weighted by Gasteiger charge is -2.36. The van der Waals surface area contributed by atoms with Crippen LogP contribution in [0, 0.1) is 10.1 Å². The van der Waals surface area contributed by atoms with Crippen molar-refractivity contribution in [3.63, 3.8) is 0 Å². The standard InChI is InChI=1S/C26H27N5O5S/c1-16(2)36-25(33)23-17(3)29-26-30(24(23)18-7-9-20(10-8-18)31(34)35)21(15-37-26)14-22(32)28-13-11-19-6-4-5-12-27-19/h4-10,12,15-16,24H,11,13-14H2,1-3H3,(H,28,32). The average molecular weight is 522 g/mol. The second-order valence-electron chi connectivity index (χ2n) is 8.79. The Morgan fingerprint density at radius 2 is 1.97 bits per heavy atom. The maximum absolute atomic E-state index is 13.2. The number of carbonyl (C=O) groups excluding carboxylic acids is 2. The number of carbonyl (C=O) groups is 2. The predicted molar refractivity (Wildman–Crippen MR) is 140 cm³/mol. The monoisotopic (exact) mass is 521 g/mol. The van der Waals surface area contributed by atoms with Crippen LogP contribution in [0.15, 0.2) is 76.0 Å². The van der Waals surface area contributed by atoms with Crippen molar-refractivity contribution in [3.8, 4) is 0 Å². The zero-order valence-corrected chi connectivity index (χ0v) is 21.5. The molecule has 10 nitrogen and oxygen atoms in total. The summed E-state index contributed by atoms with van der Waals surface area (Å²) in [4.78, 5) is 47.5. The number of nitrogens with zero attached hydrogens (tertiary/aromatic N) is 4. The fraction of sp³-hybridized carbons (Fsp3) is 0.308. The molecule has 0 bridgehead atoms. The minimum Gasteiger partial charge on any atom is -0.459 e. The van der Waals surface area contributed by atoms with Crippen molar-refractivity contribution in [1.29, 1.82) is 0 Å². The number of allylic oxidation sites excluding steroid dienone is 1. The van der Waals surface area contributed by atoms with Crippen LogP contribution in [0.2, 0.25) is 0 Å². The maximum Gasteiger partial charge on any atom is 0.338 e. The summed E-state index contributed by atoms with van der Waals surface area (Å²) in [5, 5.41) is 16.6. The van der Waals surface area contributed by atoms with Crippen LogP contribution < -0.4 is 5.32 Å². The average Bonchev–Trinajstić information content (AvgIpc) is 3.25. The van der Waals surface area contributed by atoms with E-state index in [-0.39, 0.29) is 24.1 Å². The number of rotatable bonds is 9. The summed E-state index contributed by atoms with van der Waals surface area (Å²) in [5.74, 6) is -0.696. The van der Waals surface area contributed by atoms with Gasteiger partial charge >= 0.3 is 5.97 Å². The molecule has 11 heteroatoms. The third-order valence-corrected chi connectivity index (χ3v) is 6.64. The lowest BCUT2D eigenvalue weighted by Crippen LogP contribution is -2.38. The van der Waals surface area contributed by atoms with Crippen molar-refractivity contribution in [2.75, 3.05) is 6.54 Å². The molecule has 1 aromatic carbocycles. The van der Waals surface area contributed by atoms with E-state index in [1.807, 2.05) is 28.5 Å². The summed E-state index contributed by atoms with van der Waals surface area (Å²) < 4.78 is 5.52. The van der Waals surface area contributed by atoms with E-state index in [9.17, 15) is 19.7 Å². The number of hydrogen-bond donors (Lipinski definition) is 1. The maximum atomic E-state index is 13.2. The van der Waals surface area contributed by atoms with E-state index >= 15 is 0 Å². The number of thioether (sulfide) groups is 1.